The molecule has 0 aliphatic carbocycles. The third kappa shape index (κ3) is 29.9. The molecular weight excluding hydrogens is 735 g/mol. The van der Waals surface area contributed by atoms with E-state index in [9.17, 15) is 14.7 Å². The number of carbonyl (C=O) groups excluding carboxylic acids is 2. The van der Waals surface area contributed by atoms with Crippen molar-refractivity contribution >= 4 is 11.9 Å². The summed E-state index contributed by atoms with van der Waals surface area (Å²) in [6, 6.07) is 0.327. The summed E-state index contributed by atoms with van der Waals surface area (Å²) in [6.07, 6.45) is 38.1. The van der Waals surface area contributed by atoms with E-state index in [-0.39, 0.29) is 23.8 Å². The van der Waals surface area contributed by atoms with Crippen LogP contribution in [0.3, 0.4) is 0 Å². The van der Waals surface area contributed by atoms with Crippen LogP contribution in [0.2, 0.25) is 0 Å². The molecule has 0 fully saturated rings. The quantitative estimate of drug-likeness (QED) is 0.0517. The van der Waals surface area contributed by atoms with Gasteiger partial charge in [-0.2, -0.15) is 0 Å². The van der Waals surface area contributed by atoms with Crippen molar-refractivity contribution in [3.05, 3.63) is 18.2 Å². The molecule has 1 N–H and O–H groups in total. The summed E-state index contributed by atoms with van der Waals surface area (Å²) in [5.74, 6) is 1.14. The number of hydrogen-bond donors (Lipinski definition) is 1. The van der Waals surface area contributed by atoms with Crippen LogP contribution in [-0.4, -0.2) is 63.9 Å². The standard InChI is InChI=1S/C51H97N3O5/c1-7-11-15-19-21-27-35-46(33-25-17-13-9-3)50(56)58-41-31-24-23-30-39-53(44-49-52-38-40-54(49)45(5)6)43-48(55)37-29-32-42-59-51(57)47(34-26-18-14-10-4)36-28-22-20-16-12-8-2/h38,40,45-48,55H,7-37,39,41-44H2,1-6H3. The van der Waals surface area contributed by atoms with E-state index in [4.69, 9.17) is 9.47 Å². The van der Waals surface area contributed by atoms with Crippen LogP contribution in [0.15, 0.2) is 12.4 Å². The normalized spacial score (nSPS) is 13.3. The number of carbonyl (C=O) groups is 2. The smallest absolute Gasteiger partial charge is 0.308 e. The molecule has 346 valence electrons. The molecule has 8 nitrogen and oxygen atoms in total. The summed E-state index contributed by atoms with van der Waals surface area (Å²) in [6.45, 7) is 16.5. The second kappa shape index (κ2) is 39.0. The molecule has 0 saturated carbocycles. The number of rotatable bonds is 43. The van der Waals surface area contributed by atoms with Gasteiger partial charge in [-0.15, -0.1) is 0 Å². The number of nitrogens with zero attached hydrogens (tertiary/aromatic N) is 3. The van der Waals surface area contributed by atoms with Crippen LogP contribution in [0.25, 0.3) is 0 Å². The minimum Gasteiger partial charge on any atom is -0.465 e. The monoisotopic (exact) mass is 832 g/mol. The Balaban J connectivity index is 2.54. The highest BCUT2D eigenvalue weighted by molar-refractivity contribution is 5.72. The van der Waals surface area contributed by atoms with E-state index in [1.54, 1.807) is 0 Å². The summed E-state index contributed by atoms with van der Waals surface area (Å²) in [5, 5.41) is 11.2. The molecule has 1 aromatic rings. The summed E-state index contributed by atoms with van der Waals surface area (Å²) >= 11 is 0. The maximum atomic E-state index is 13.1. The van der Waals surface area contributed by atoms with Gasteiger partial charge in [-0.05, 0) is 78.2 Å². The van der Waals surface area contributed by atoms with Crippen molar-refractivity contribution in [3.63, 3.8) is 0 Å². The van der Waals surface area contributed by atoms with Gasteiger partial charge in [-0.1, -0.05) is 169 Å². The zero-order valence-electron chi connectivity index (χ0n) is 39.8. The molecule has 1 heterocycles. The Morgan fingerprint density at radius 3 is 1.44 bits per heavy atom. The molecule has 8 heteroatoms. The number of esters is 2. The van der Waals surface area contributed by atoms with Gasteiger partial charge < -0.3 is 19.1 Å². The lowest BCUT2D eigenvalue weighted by Gasteiger charge is -2.26. The van der Waals surface area contributed by atoms with Crippen LogP contribution in [0.4, 0.5) is 0 Å². The Morgan fingerprint density at radius 2 is 0.966 bits per heavy atom. The first-order chi connectivity index (χ1) is 28.8. The zero-order valence-corrected chi connectivity index (χ0v) is 39.8. The van der Waals surface area contributed by atoms with Gasteiger partial charge >= 0.3 is 11.9 Å². The van der Waals surface area contributed by atoms with Crippen LogP contribution >= 0.6 is 0 Å². The lowest BCUT2D eigenvalue weighted by atomic mass is 9.94. The molecule has 3 unspecified atom stereocenters. The van der Waals surface area contributed by atoms with E-state index in [1.165, 1.54) is 103 Å². The third-order valence-corrected chi connectivity index (χ3v) is 12.2. The third-order valence-electron chi connectivity index (χ3n) is 12.2. The molecule has 59 heavy (non-hydrogen) atoms. The van der Waals surface area contributed by atoms with Crippen molar-refractivity contribution < 1.29 is 24.2 Å². The van der Waals surface area contributed by atoms with Gasteiger partial charge in [0.25, 0.3) is 0 Å². The molecule has 0 amide bonds. The summed E-state index contributed by atoms with van der Waals surface area (Å²) in [5.41, 5.74) is 0. The SMILES string of the molecule is CCCCCCCCC(CCCCCC)C(=O)OCCCCCCN(Cc1nccn1C(C)C)CC(O)CCCCOC(=O)C(CCCCCC)CCCCCCCC. The van der Waals surface area contributed by atoms with Gasteiger partial charge in [0.15, 0.2) is 0 Å². The van der Waals surface area contributed by atoms with Crippen LogP contribution < -0.4 is 0 Å². The number of hydrogen-bond acceptors (Lipinski definition) is 7. The van der Waals surface area contributed by atoms with E-state index in [0.29, 0.717) is 38.8 Å². The molecule has 3 atom stereocenters. The number of unbranched alkanes of at least 4 members (excludes halogenated alkanes) is 20. The highest BCUT2D eigenvalue weighted by atomic mass is 16.5. The maximum absolute atomic E-state index is 13.1. The molecular formula is C51H97N3O5. The Kier molecular flexibility index (Phi) is 36.4. The van der Waals surface area contributed by atoms with Crippen LogP contribution in [0, 0.1) is 11.8 Å². The summed E-state index contributed by atoms with van der Waals surface area (Å²) in [4.78, 5) is 33.2. The molecule has 0 saturated heterocycles. The van der Waals surface area contributed by atoms with E-state index in [0.717, 1.165) is 102 Å². The number of aromatic nitrogens is 2. The molecule has 1 aromatic heterocycles. The van der Waals surface area contributed by atoms with Gasteiger partial charge in [-0.3, -0.25) is 14.5 Å². The number of aliphatic hydroxyl groups excluding tert-OH is 1. The van der Waals surface area contributed by atoms with Gasteiger partial charge in [0.1, 0.15) is 5.82 Å². The van der Waals surface area contributed by atoms with Crippen LogP contribution in [-0.2, 0) is 25.6 Å². The fraction of sp³-hybridized carbons (Fsp3) is 0.902. The first-order valence-electron chi connectivity index (χ1n) is 25.5. The number of aliphatic hydroxyl groups is 1. The Bertz CT molecular complexity index is 1090. The topological polar surface area (TPSA) is 93.9 Å². The largest absolute Gasteiger partial charge is 0.465 e. The van der Waals surface area contributed by atoms with Gasteiger partial charge in [0.2, 0.25) is 0 Å². The molecule has 0 bridgehead atoms. The predicted octanol–water partition coefficient (Wildman–Crippen LogP) is 14.1. The van der Waals surface area contributed by atoms with E-state index < -0.39 is 6.10 Å². The minimum absolute atomic E-state index is 0.00825. The Morgan fingerprint density at radius 1 is 0.576 bits per heavy atom. The van der Waals surface area contributed by atoms with Crippen molar-refractivity contribution in [1.82, 2.24) is 14.5 Å². The summed E-state index contributed by atoms with van der Waals surface area (Å²) in [7, 11) is 0. The molecule has 0 aromatic carbocycles. The fourth-order valence-electron chi connectivity index (χ4n) is 8.35. The first kappa shape index (κ1) is 55.1. The second-order valence-corrected chi connectivity index (χ2v) is 18.2. The van der Waals surface area contributed by atoms with Gasteiger partial charge in [-0.25, -0.2) is 4.98 Å². The lowest BCUT2D eigenvalue weighted by Crippen LogP contribution is -2.34. The van der Waals surface area contributed by atoms with E-state index in [2.05, 4.69) is 56.0 Å². The minimum atomic E-state index is -0.446. The van der Waals surface area contributed by atoms with Crippen LogP contribution in [0.5, 0.6) is 0 Å². The van der Waals surface area contributed by atoms with Gasteiger partial charge in [0, 0.05) is 25.0 Å². The highest BCUT2D eigenvalue weighted by Crippen LogP contribution is 2.23. The summed E-state index contributed by atoms with van der Waals surface area (Å²) < 4.78 is 13.9. The van der Waals surface area contributed by atoms with Crippen molar-refractivity contribution in [3.8, 4) is 0 Å². The Hall–Kier alpha value is -1.93. The number of imidazole rings is 1. The second-order valence-electron chi connectivity index (χ2n) is 18.2. The lowest BCUT2D eigenvalue weighted by molar-refractivity contribution is -0.150. The van der Waals surface area contributed by atoms with Crippen molar-refractivity contribution in [1.29, 1.82) is 0 Å². The molecule has 0 radical (unpaired) electrons. The average molecular weight is 832 g/mol. The molecule has 0 spiro atoms. The average Bonchev–Trinajstić information content (AvgIpc) is 3.69. The van der Waals surface area contributed by atoms with E-state index in [1.807, 2.05) is 12.4 Å². The van der Waals surface area contributed by atoms with Crippen LogP contribution in [0.1, 0.15) is 252 Å². The molecule has 1 rings (SSSR count). The maximum Gasteiger partial charge on any atom is 0.308 e. The first-order valence-corrected chi connectivity index (χ1v) is 25.5. The molecule has 0 aliphatic heterocycles. The fourth-order valence-corrected chi connectivity index (χ4v) is 8.35. The van der Waals surface area contributed by atoms with Crippen molar-refractivity contribution in [2.75, 3.05) is 26.3 Å². The predicted molar refractivity (Wildman–Crippen MR) is 249 cm³/mol. The number of ether oxygens (including phenoxy) is 2. The van der Waals surface area contributed by atoms with Gasteiger partial charge in [0.05, 0.1) is 37.7 Å². The van der Waals surface area contributed by atoms with Crippen molar-refractivity contribution in [2.24, 2.45) is 11.8 Å². The Labute approximate surface area is 365 Å². The molecule has 0 aliphatic rings. The van der Waals surface area contributed by atoms with E-state index >= 15 is 0 Å². The highest BCUT2D eigenvalue weighted by Gasteiger charge is 2.21. The zero-order chi connectivity index (χ0) is 43.2. The van der Waals surface area contributed by atoms with Crippen molar-refractivity contribution in [2.45, 2.75) is 259 Å².